The van der Waals surface area contributed by atoms with E-state index in [-0.39, 0.29) is 23.6 Å². The monoisotopic (exact) mass is 391 g/mol. The summed E-state index contributed by atoms with van der Waals surface area (Å²) in [4.78, 5) is 21.6. The molecule has 1 aliphatic rings. The van der Waals surface area contributed by atoms with Crippen LogP contribution in [0.3, 0.4) is 0 Å². The Labute approximate surface area is 157 Å². The van der Waals surface area contributed by atoms with Gasteiger partial charge >= 0.3 is 5.97 Å². The number of carbonyl (C=O) groups excluding carboxylic acids is 1. The van der Waals surface area contributed by atoms with Gasteiger partial charge in [0.25, 0.3) is 5.78 Å². The fourth-order valence-corrected chi connectivity index (χ4v) is 3.38. The van der Waals surface area contributed by atoms with E-state index < -0.39 is 34.7 Å². The normalized spacial score (nSPS) is 14.1. The highest BCUT2D eigenvalue weighted by Crippen LogP contribution is 2.35. The number of esters is 1. The predicted molar refractivity (Wildman–Crippen MR) is 93.5 cm³/mol. The zero-order valence-electron chi connectivity index (χ0n) is 15.0. The quantitative estimate of drug-likeness (QED) is 0.503. The van der Waals surface area contributed by atoms with Gasteiger partial charge in [0.2, 0.25) is 0 Å². The third-order valence-corrected chi connectivity index (χ3v) is 4.61. The van der Waals surface area contributed by atoms with Crippen molar-refractivity contribution in [3.63, 3.8) is 0 Å². The molecule has 2 aromatic heterocycles. The van der Waals surface area contributed by atoms with Crippen LogP contribution in [0.5, 0.6) is 0 Å². The fraction of sp³-hybridized carbons (Fsp3) is 0.333. The average molecular weight is 391 g/mol. The van der Waals surface area contributed by atoms with Crippen molar-refractivity contribution in [2.24, 2.45) is 0 Å². The van der Waals surface area contributed by atoms with Crippen LogP contribution >= 0.6 is 0 Å². The summed E-state index contributed by atoms with van der Waals surface area (Å²) in [5.41, 5.74) is -1.21. The Morgan fingerprint density at radius 1 is 1.18 bits per heavy atom. The Morgan fingerprint density at radius 3 is 2.64 bits per heavy atom. The standard InChI is InChI=1S/C18H16F3N5O2/c1-2-28-17(27)11-8-22-18-23-9-24-26(18)15(11)10-7-12(19)16(14(21)13(10)20)25-5-3-4-6-25/h7-9H,2-6H2,1H3. The van der Waals surface area contributed by atoms with Gasteiger partial charge in [-0.15, -0.1) is 0 Å². The van der Waals surface area contributed by atoms with Gasteiger partial charge in [0.1, 0.15) is 23.4 Å². The fourth-order valence-electron chi connectivity index (χ4n) is 3.38. The first kappa shape index (κ1) is 18.2. The van der Waals surface area contributed by atoms with Crippen LogP contribution in [0.4, 0.5) is 18.9 Å². The van der Waals surface area contributed by atoms with E-state index in [9.17, 15) is 13.6 Å². The molecular weight excluding hydrogens is 375 g/mol. The van der Waals surface area contributed by atoms with Gasteiger partial charge in [0.05, 0.1) is 12.3 Å². The molecule has 0 saturated carbocycles. The summed E-state index contributed by atoms with van der Waals surface area (Å²) in [7, 11) is 0. The van der Waals surface area contributed by atoms with Crippen LogP contribution in [0.2, 0.25) is 0 Å². The molecule has 1 fully saturated rings. The Morgan fingerprint density at radius 2 is 1.93 bits per heavy atom. The highest BCUT2D eigenvalue weighted by molar-refractivity contribution is 5.96. The summed E-state index contributed by atoms with van der Waals surface area (Å²) in [5, 5.41) is 3.91. The molecule has 0 unspecified atom stereocenters. The molecule has 0 N–H and O–H groups in total. The first-order valence-electron chi connectivity index (χ1n) is 8.81. The van der Waals surface area contributed by atoms with Crippen molar-refractivity contribution < 1.29 is 22.7 Å². The second kappa shape index (κ2) is 7.10. The van der Waals surface area contributed by atoms with Crippen LogP contribution in [0.1, 0.15) is 30.1 Å². The lowest BCUT2D eigenvalue weighted by molar-refractivity contribution is 0.0526. The molecule has 1 aromatic carbocycles. The van der Waals surface area contributed by atoms with E-state index in [0.717, 1.165) is 35.9 Å². The highest BCUT2D eigenvalue weighted by atomic mass is 19.2. The molecule has 28 heavy (non-hydrogen) atoms. The molecule has 10 heteroatoms. The zero-order chi connectivity index (χ0) is 19.8. The molecule has 0 aliphatic carbocycles. The molecule has 0 amide bonds. The van der Waals surface area contributed by atoms with Gasteiger partial charge in [0, 0.05) is 24.8 Å². The predicted octanol–water partition coefficient (Wildman–Crippen LogP) is 2.99. The number of nitrogens with zero attached hydrogens (tertiary/aromatic N) is 5. The smallest absolute Gasteiger partial charge is 0.341 e. The van der Waals surface area contributed by atoms with Gasteiger partial charge in [0.15, 0.2) is 11.6 Å². The van der Waals surface area contributed by atoms with Crippen molar-refractivity contribution in [1.29, 1.82) is 0 Å². The SMILES string of the molecule is CCOC(=O)c1cnc2ncnn2c1-c1cc(F)c(N2CCCC2)c(F)c1F. The molecule has 0 bridgehead atoms. The molecule has 0 atom stereocenters. The molecule has 7 nitrogen and oxygen atoms in total. The molecule has 4 rings (SSSR count). The maximum Gasteiger partial charge on any atom is 0.341 e. The maximum absolute atomic E-state index is 15.0. The van der Waals surface area contributed by atoms with E-state index in [1.807, 2.05) is 0 Å². The minimum atomic E-state index is -1.31. The molecule has 146 valence electrons. The van der Waals surface area contributed by atoms with E-state index in [2.05, 4.69) is 15.1 Å². The summed E-state index contributed by atoms with van der Waals surface area (Å²) in [5.74, 6) is -4.28. The van der Waals surface area contributed by atoms with Crippen LogP contribution in [-0.2, 0) is 4.74 Å². The first-order chi connectivity index (χ1) is 13.5. The molecule has 1 aliphatic heterocycles. The van der Waals surface area contributed by atoms with Gasteiger partial charge in [-0.3, -0.25) is 0 Å². The van der Waals surface area contributed by atoms with E-state index >= 15 is 4.39 Å². The lowest BCUT2D eigenvalue weighted by Crippen LogP contribution is -2.21. The highest BCUT2D eigenvalue weighted by Gasteiger charge is 2.29. The van der Waals surface area contributed by atoms with E-state index in [1.54, 1.807) is 6.92 Å². The number of hydrogen-bond donors (Lipinski definition) is 0. The van der Waals surface area contributed by atoms with E-state index in [4.69, 9.17) is 4.74 Å². The van der Waals surface area contributed by atoms with Gasteiger partial charge in [-0.05, 0) is 25.8 Å². The maximum atomic E-state index is 15.0. The number of rotatable bonds is 4. The second-order valence-electron chi connectivity index (χ2n) is 6.29. The van der Waals surface area contributed by atoms with Gasteiger partial charge in [-0.2, -0.15) is 14.6 Å². The Bertz CT molecular complexity index is 1060. The number of hydrogen-bond acceptors (Lipinski definition) is 6. The van der Waals surface area contributed by atoms with E-state index in [1.165, 1.54) is 4.90 Å². The zero-order valence-corrected chi connectivity index (χ0v) is 15.0. The molecule has 3 heterocycles. The molecular formula is C18H16F3N5O2. The van der Waals surface area contributed by atoms with Crippen LogP contribution in [0.15, 0.2) is 18.6 Å². The Hall–Kier alpha value is -3.17. The number of aromatic nitrogens is 4. The summed E-state index contributed by atoms with van der Waals surface area (Å²) >= 11 is 0. The summed E-state index contributed by atoms with van der Waals surface area (Å²) in [6.45, 7) is 2.56. The topological polar surface area (TPSA) is 72.6 Å². The third kappa shape index (κ3) is 2.85. The minimum absolute atomic E-state index is 0.0480. The summed E-state index contributed by atoms with van der Waals surface area (Å²) in [6, 6.07) is 0.866. The Kier molecular flexibility index (Phi) is 4.62. The van der Waals surface area contributed by atoms with Gasteiger partial charge < -0.3 is 9.64 Å². The van der Waals surface area contributed by atoms with Crippen LogP contribution in [0, 0.1) is 17.5 Å². The minimum Gasteiger partial charge on any atom is -0.462 e. The average Bonchev–Trinajstić information content (AvgIpc) is 3.36. The first-order valence-corrected chi connectivity index (χ1v) is 8.81. The largest absolute Gasteiger partial charge is 0.462 e. The molecule has 0 radical (unpaired) electrons. The Balaban J connectivity index is 1.96. The van der Waals surface area contributed by atoms with Crippen LogP contribution in [0.25, 0.3) is 17.0 Å². The van der Waals surface area contributed by atoms with Crippen LogP contribution < -0.4 is 4.90 Å². The van der Waals surface area contributed by atoms with Gasteiger partial charge in [-0.1, -0.05) is 0 Å². The van der Waals surface area contributed by atoms with Crippen molar-refractivity contribution in [3.8, 4) is 11.3 Å². The number of halogens is 3. The van der Waals surface area contributed by atoms with Crippen molar-refractivity contribution >= 4 is 17.4 Å². The number of ether oxygens (including phenoxy) is 1. The molecule has 1 saturated heterocycles. The number of fused-ring (bicyclic) bond motifs is 1. The van der Waals surface area contributed by atoms with Crippen molar-refractivity contribution in [3.05, 3.63) is 41.6 Å². The summed E-state index contributed by atoms with van der Waals surface area (Å²) < 4.78 is 50.7. The number of carbonyl (C=O) groups is 1. The van der Waals surface area contributed by atoms with Crippen LogP contribution in [-0.4, -0.2) is 45.2 Å². The second-order valence-corrected chi connectivity index (χ2v) is 6.29. The number of anilines is 1. The third-order valence-electron chi connectivity index (χ3n) is 4.61. The van der Waals surface area contributed by atoms with Crippen molar-refractivity contribution in [2.45, 2.75) is 19.8 Å². The lowest BCUT2D eigenvalue weighted by atomic mass is 10.0. The molecule has 3 aromatic rings. The van der Waals surface area contributed by atoms with Gasteiger partial charge in [-0.25, -0.2) is 22.9 Å². The molecule has 0 spiro atoms. The summed E-state index contributed by atoms with van der Waals surface area (Å²) in [6.07, 6.45) is 3.82. The van der Waals surface area contributed by atoms with Crippen molar-refractivity contribution in [1.82, 2.24) is 19.6 Å². The van der Waals surface area contributed by atoms with E-state index in [0.29, 0.717) is 13.1 Å². The van der Waals surface area contributed by atoms with Crippen molar-refractivity contribution in [2.75, 3.05) is 24.6 Å². The number of benzene rings is 1. The lowest BCUT2D eigenvalue weighted by Gasteiger charge is -2.21.